The Balaban J connectivity index is 1.49. The van der Waals surface area contributed by atoms with Crippen molar-refractivity contribution in [3.8, 4) is 17.2 Å². The van der Waals surface area contributed by atoms with E-state index in [9.17, 15) is 4.79 Å². The number of hydrogen-bond donors (Lipinski definition) is 1. The molecule has 0 atom stereocenters. The van der Waals surface area contributed by atoms with Crippen LogP contribution in [0.25, 0.3) is 0 Å². The molecule has 1 aliphatic heterocycles. The fourth-order valence-electron chi connectivity index (χ4n) is 2.16. The van der Waals surface area contributed by atoms with E-state index in [2.05, 4.69) is 5.32 Å². The Hall–Kier alpha value is -2.40. The summed E-state index contributed by atoms with van der Waals surface area (Å²) < 4.78 is 16.4. The molecule has 23 heavy (non-hydrogen) atoms. The predicted molar refractivity (Wildman–Crippen MR) is 86.2 cm³/mol. The lowest BCUT2D eigenvalue weighted by Gasteiger charge is -2.18. The van der Waals surface area contributed by atoms with Crippen LogP contribution in [0, 0.1) is 0 Å². The highest BCUT2D eigenvalue weighted by atomic mass is 35.5. The Morgan fingerprint density at radius 1 is 1.13 bits per heavy atom. The number of nitrogens with one attached hydrogen (secondary N) is 1. The van der Waals surface area contributed by atoms with Gasteiger partial charge in [0, 0.05) is 17.6 Å². The number of hydrogen-bond acceptors (Lipinski definition) is 4. The number of carbonyl (C=O) groups is 1. The molecule has 2 aromatic rings. The zero-order chi connectivity index (χ0) is 16.1. The third-order valence-electron chi connectivity index (χ3n) is 3.26. The van der Waals surface area contributed by atoms with Crippen LogP contribution in [0.4, 0.5) is 0 Å². The molecule has 0 aromatic heterocycles. The van der Waals surface area contributed by atoms with Crippen molar-refractivity contribution >= 4 is 17.5 Å². The van der Waals surface area contributed by atoms with Crippen molar-refractivity contribution in [3.63, 3.8) is 0 Å². The fraction of sp³-hybridized carbons (Fsp3) is 0.235. The summed E-state index contributed by atoms with van der Waals surface area (Å²) in [4.78, 5) is 11.8. The molecular formula is C17H16ClNO4. The van der Waals surface area contributed by atoms with Crippen molar-refractivity contribution in [2.45, 2.75) is 6.54 Å². The van der Waals surface area contributed by atoms with Crippen molar-refractivity contribution in [1.29, 1.82) is 0 Å². The monoisotopic (exact) mass is 333 g/mol. The van der Waals surface area contributed by atoms with E-state index in [4.69, 9.17) is 25.8 Å². The summed E-state index contributed by atoms with van der Waals surface area (Å²) in [6.07, 6.45) is 0. The number of benzene rings is 2. The second-order valence-electron chi connectivity index (χ2n) is 5.00. The summed E-state index contributed by atoms with van der Waals surface area (Å²) in [6, 6.07) is 12.6. The van der Waals surface area contributed by atoms with Gasteiger partial charge in [0.2, 0.25) is 0 Å². The third kappa shape index (κ3) is 4.29. The highest BCUT2D eigenvalue weighted by molar-refractivity contribution is 6.30. The zero-order valence-corrected chi connectivity index (χ0v) is 13.1. The van der Waals surface area contributed by atoms with Gasteiger partial charge in [-0.25, -0.2) is 0 Å². The molecule has 5 nitrogen and oxygen atoms in total. The molecule has 3 rings (SSSR count). The highest BCUT2D eigenvalue weighted by Gasteiger charge is 2.12. The number of carbonyl (C=O) groups excluding carboxylic acids is 1. The molecule has 1 aliphatic rings. The van der Waals surface area contributed by atoms with E-state index >= 15 is 0 Å². The first kappa shape index (κ1) is 15.5. The Bertz CT molecular complexity index is 705. The minimum atomic E-state index is -0.208. The molecule has 0 radical (unpaired) electrons. The van der Waals surface area contributed by atoms with Gasteiger partial charge in [0.25, 0.3) is 5.91 Å². The maximum Gasteiger partial charge on any atom is 0.258 e. The maximum atomic E-state index is 11.8. The van der Waals surface area contributed by atoms with E-state index in [-0.39, 0.29) is 12.5 Å². The van der Waals surface area contributed by atoms with Crippen molar-refractivity contribution in [3.05, 3.63) is 53.1 Å². The van der Waals surface area contributed by atoms with E-state index in [1.54, 1.807) is 24.3 Å². The van der Waals surface area contributed by atoms with Gasteiger partial charge >= 0.3 is 0 Å². The summed E-state index contributed by atoms with van der Waals surface area (Å²) in [5.41, 5.74) is 0.935. The molecule has 0 fully saturated rings. The van der Waals surface area contributed by atoms with Gasteiger partial charge in [0.1, 0.15) is 19.0 Å². The minimum Gasteiger partial charge on any atom is -0.486 e. The lowest BCUT2D eigenvalue weighted by atomic mass is 10.2. The van der Waals surface area contributed by atoms with Gasteiger partial charge in [-0.1, -0.05) is 23.7 Å². The first-order valence-corrected chi connectivity index (χ1v) is 7.62. The van der Waals surface area contributed by atoms with Crippen molar-refractivity contribution in [2.75, 3.05) is 19.8 Å². The van der Waals surface area contributed by atoms with Crippen LogP contribution in [0.3, 0.4) is 0 Å². The molecule has 0 saturated heterocycles. The highest BCUT2D eigenvalue weighted by Crippen LogP contribution is 2.33. The Morgan fingerprint density at radius 3 is 2.78 bits per heavy atom. The SMILES string of the molecule is O=C(COc1ccc2c(c1)OCCO2)NCc1cccc(Cl)c1. The molecular weight excluding hydrogens is 318 g/mol. The summed E-state index contributed by atoms with van der Waals surface area (Å²) in [6.45, 7) is 1.39. The third-order valence-corrected chi connectivity index (χ3v) is 3.50. The van der Waals surface area contributed by atoms with E-state index < -0.39 is 0 Å². The smallest absolute Gasteiger partial charge is 0.258 e. The predicted octanol–water partition coefficient (Wildman–Crippen LogP) is 2.81. The number of amides is 1. The lowest BCUT2D eigenvalue weighted by Crippen LogP contribution is -2.28. The first-order chi connectivity index (χ1) is 11.2. The normalized spacial score (nSPS) is 12.6. The van der Waals surface area contributed by atoms with E-state index in [1.807, 2.05) is 18.2 Å². The Labute approximate surface area is 139 Å². The van der Waals surface area contributed by atoms with Gasteiger partial charge in [0.15, 0.2) is 18.1 Å². The fourth-order valence-corrected chi connectivity index (χ4v) is 2.37. The Kier molecular flexibility index (Phi) is 4.88. The standard InChI is InChI=1S/C17H16ClNO4/c18-13-3-1-2-12(8-13)10-19-17(20)11-23-14-4-5-15-16(9-14)22-7-6-21-15/h1-5,8-9H,6-7,10-11H2,(H,19,20). The van der Waals surface area contributed by atoms with E-state index in [0.717, 1.165) is 5.56 Å². The molecule has 0 saturated carbocycles. The van der Waals surface area contributed by atoms with Gasteiger partial charge in [-0.15, -0.1) is 0 Å². The second-order valence-corrected chi connectivity index (χ2v) is 5.44. The van der Waals surface area contributed by atoms with Crippen LogP contribution in [0.2, 0.25) is 5.02 Å². The molecule has 1 N–H and O–H groups in total. The number of halogens is 1. The van der Waals surface area contributed by atoms with Crippen LogP contribution in [0.5, 0.6) is 17.2 Å². The molecule has 1 heterocycles. The summed E-state index contributed by atoms with van der Waals surface area (Å²) in [7, 11) is 0. The molecule has 2 aromatic carbocycles. The summed E-state index contributed by atoms with van der Waals surface area (Å²) in [5.74, 6) is 1.68. The molecule has 120 valence electrons. The molecule has 0 spiro atoms. The zero-order valence-electron chi connectivity index (χ0n) is 12.4. The van der Waals surface area contributed by atoms with Gasteiger partial charge in [-0.2, -0.15) is 0 Å². The van der Waals surface area contributed by atoms with Crippen LogP contribution < -0.4 is 19.5 Å². The molecule has 1 amide bonds. The van der Waals surface area contributed by atoms with Crippen LogP contribution >= 0.6 is 11.6 Å². The van der Waals surface area contributed by atoms with Crippen molar-refractivity contribution in [2.24, 2.45) is 0 Å². The van der Waals surface area contributed by atoms with Crippen molar-refractivity contribution < 1.29 is 19.0 Å². The van der Waals surface area contributed by atoms with Crippen LogP contribution in [0.1, 0.15) is 5.56 Å². The summed E-state index contributed by atoms with van der Waals surface area (Å²) >= 11 is 5.90. The quantitative estimate of drug-likeness (QED) is 0.914. The average Bonchev–Trinajstić information content (AvgIpc) is 2.58. The first-order valence-electron chi connectivity index (χ1n) is 7.24. The van der Waals surface area contributed by atoms with Gasteiger partial charge in [-0.3, -0.25) is 4.79 Å². The summed E-state index contributed by atoms with van der Waals surface area (Å²) in [5, 5.41) is 3.42. The number of ether oxygens (including phenoxy) is 3. The van der Waals surface area contributed by atoms with Crippen LogP contribution in [-0.2, 0) is 11.3 Å². The van der Waals surface area contributed by atoms with E-state index in [1.165, 1.54) is 0 Å². The van der Waals surface area contributed by atoms with Gasteiger partial charge in [0.05, 0.1) is 0 Å². The molecule has 0 unspecified atom stereocenters. The van der Waals surface area contributed by atoms with Crippen LogP contribution in [0.15, 0.2) is 42.5 Å². The molecule has 0 bridgehead atoms. The molecule has 6 heteroatoms. The minimum absolute atomic E-state index is 0.0692. The topological polar surface area (TPSA) is 56.8 Å². The molecule has 0 aliphatic carbocycles. The second kappa shape index (κ2) is 7.24. The van der Waals surface area contributed by atoms with Gasteiger partial charge in [-0.05, 0) is 29.8 Å². The number of rotatable bonds is 5. The van der Waals surface area contributed by atoms with E-state index in [0.29, 0.717) is 42.0 Å². The van der Waals surface area contributed by atoms with Crippen LogP contribution in [-0.4, -0.2) is 25.7 Å². The average molecular weight is 334 g/mol. The largest absolute Gasteiger partial charge is 0.486 e. The maximum absolute atomic E-state index is 11.8. The number of fused-ring (bicyclic) bond motifs is 1. The van der Waals surface area contributed by atoms with Crippen molar-refractivity contribution in [1.82, 2.24) is 5.32 Å². The lowest BCUT2D eigenvalue weighted by molar-refractivity contribution is -0.123. The Morgan fingerprint density at radius 2 is 1.96 bits per heavy atom. The van der Waals surface area contributed by atoms with Gasteiger partial charge < -0.3 is 19.5 Å².